The van der Waals surface area contributed by atoms with E-state index in [9.17, 15) is 24.1 Å². The van der Waals surface area contributed by atoms with Crippen LogP contribution in [-0.2, 0) is 0 Å². The number of nitrogens with one attached hydrogen (secondary N) is 2. The third kappa shape index (κ3) is 4.52. The molecular weight excluding hydrogens is 511 g/mol. The van der Waals surface area contributed by atoms with Crippen LogP contribution in [0.5, 0.6) is 0 Å². The molecule has 0 bridgehead atoms. The number of aromatic nitrogens is 3. The van der Waals surface area contributed by atoms with Crippen LogP contribution in [0.25, 0.3) is 10.9 Å². The molecule has 2 aromatic heterocycles. The van der Waals surface area contributed by atoms with Gasteiger partial charge in [-0.25, -0.2) is 9.37 Å². The molecule has 0 atom stereocenters. The van der Waals surface area contributed by atoms with E-state index in [0.29, 0.717) is 36.8 Å². The number of hydrogen-bond donors (Lipinski definition) is 2. The Kier molecular flexibility index (Phi) is 6.37. The third-order valence-electron chi connectivity index (χ3n) is 6.05. The lowest BCUT2D eigenvalue weighted by atomic mass is 9.97. The molecule has 0 radical (unpaired) electrons. The zero-order valence-corrected chi connectivity index (χ0v) is 20.1. The first-order valence-corrected chi connectivity index (χ1v) is 12.2. The molecule has 2 aromatic carbocycles. The molecule has 1 aliphatic heterocycles. The maximum atomic E-state index is 14.1. The lowest BCUT2D eigenvalue weighted by Gasteiger charge is -2.31. The molecule has 36 heavy (non-hydrogen) atoms. The van der Waals surface area contributed by atoms with E-state index in [-0.39, 0.29) is 33.7 Å². The normalized spacial score (nSPS) is 14.2. The van der Waals surface area contributed by atoms with Gasteiger partial charge >= 0.3 is 0 Å². The monoisotopic (exact) mass is 528 g/mol. The molecule has 4 aromatic rings. The Morgan fingerprint density at radius 2 is 2.03 bits per heavy atom. The molecule has 0 spiro atoms. The first-order chi connectivity index (χ1) is 17.3. The number of nitro benzene ring substituents is 1. The number of likely N-dealkylation sites (tertiary alicyclic amines) is 1. The van der Waals surface area contributed by atoms with E-state index < -0.39 is 22.6 Å². The van der Waals surface area contributed by atoms with Gasteiger partial charge in [0.1, 0.15) is 11.5 Å². The fourth-order valence-electron chi connectivity index (χ4n) is 4.15. The van der Waals surface area contributed by atoms with Crippen molar-refractivity contribution in [3.05, 3.63) is 79.0 Å². The maximum Gasteiger partial charge on any atom is 0.276 e. The molecule has 2 N–H and O–H groups in total. The number of carbonyl (C=O) groups excluding carboxylic acids is 2. The van der Waals surface area contributed by atoms with Gasteiger partial charge in [0.15, 0.2) is 5.82 Å². The maximum absolute atomic E-state index is 14.1. The molecule has 2 amide bonds. The number of halogens is 2. The number of aromatic amines is 1. The number of carbonyl (C=O) groups is 2. The van der Waals surface area contributed by atoms with Crippen molar-refractivity contribution >= 4 is 57.2 Å². The molecule has 0 saturated carbocycles. The second kappa shape index (κ2) is 9.63. The van der Waals surface area contributed by atoms with Crippen molar-refractivity contribution in [2.45, 2.75) is 18.8 Å². The number of non-ortho nitro benzene ring substituents is 1. The first-order valence-electron chi connectivity index (χ1n) is 10.9. The molecule has 1 saturated heterocycles. The van der Waals surface area contributed by atoms with Crippen LogP contribution >= 0.6 is 22.9 Å². The number of amides is 2. The molecule has 10 nitrogen and oxygen atoms in total. The Morgan fingerprint density at radius 3 is 2.75 bits per heavy atom. The Hall–Kier alpha value is -3.90. The number of H-pyrrole nitrogens is 1. The topological polar surface area (TPSA) is 134 Å². The van der Waals surface area contributed by atoms with E-state index in [0.717, 1.165) is 5.01 Å². The van der Waals surface area contributed by atoms with Crippen molar-refractivity contribution in [3.8, 4) is 0 Å². The summed E-state index contributed by atoms with van der Waals surface area (Å²) in [5.41, 5.74) is 0.514. The number of nitrogens with zero attached hydrogens (tertiary/aromatic N) is 4. The minimum atomic E-state index is -0.649. The number of rotatable bonds is 5. The van der Waals surface area contributed by atoms with E-state index in [1.807, 2.05) is 0 Å². The van der Waals surface area contributed by atoms with Crippen LogP contribution in [0.2, 0.25) is 5.02 Å². The van der Waals surface area contributed by atoms with Crippen LogP contribution in [0.1, 0.15) is 44.6 Å². The zero-order chi connectivity index (χ0) is 25.4. The molecule has 0 unspecified atom stereocenters. The van der Waals surface area contributed by atoms with E-state index in [2.05, 4.69) is 20.5 Å². The van der Waals surface area contributed by atoms with Crippen molar-refractivity contribution in [2.75, 3.05) is 18.4 Å². The van der Waals surface area contributed by atoms with Gasteiger partial charge in [-0.3, -0.25) is 24.8 Å². The van der Waals surface area contributed by atoms with Gasteiger partial charge in [-0.15, -0.1) is 11.3 Å². The predicted molar refractivity (Wildman–Crippen MR) is 132 cm³/mol. The fourth-order valence-corrected chi connectivity index (χ4v) is 5.37. The van der Waals surface area contributed by atoms with Crippen molar-refractivity contribution < 1.29 is 18.9 Å². The lowest BCUT2D eigenvalue weighted by molar-refractivity contribution is -0.384. The number of fused-ring (bicyclic) bond motifs is 1. The minimum absolute atomic E-state index is 0.0468. The van der Waals surface area contributed by atoms with Crippen LogP contribution in [0, 0.1) is 15.9 Å². The summed E-state index contributed by atoms with van der Waals surface area (Å²) in [6, 6.07) is 8.36. The highest BCUT2D eigenvalue weighted by Crippen LogP contribution is 2.32. The smallest absolute Gasteiger partial charge is 0.276 e. The first kappa shape index (κ1) is 23.8. The summed E-state index contributed by atoms with van der Waals surface area (Å²) in [4.78, 5) is 42.1. The SMILES string of the molecule is O=C(Nc1n[nH]c2ccc([N+](=O)[O-])cc12)c1csc(C2CCN(C(=O)c3c(F)cccc3Cl)CC2)n1. The zero-order valence-electron chi connectivity index (χ0n) is 18.5. The van der Waals surface area contributed by atoms with Crippen molar-refractivity contribution in [1.29, 1.82) is 0 Å². The summed E-state index contributed by atoms with van der Waals surface area (Å²) >= 11 is 7.38. The number of piperidine rings is 1. The summed E-state index contributed by atoms with van der Waals surface area (Å²) < 4.78 is 14.1. The van der Waals surface area contributed by atoms with E-state index >= 15 is 0 Å². The van der Waals surface area contributed by atoms with Gasteiger partial charge in [0.05, 0.1) is 31.4 Å². The highest BCUT2D eigenvalue weighted by atomic mass is 35.5. The predicted octanol–water partition coefficient (Wildman–Crippen LogP) is 4.99. The lowest BCUT2D eigenvalue weighted by Crippen LogP contribution is -2.38. The highest BCUT2D eigenvalue weighted by Gasteiger charge is 2.29. The summed E-state index contributed by atoms with van der Waals surface area (Å²) in [6.07, 6.45) is 1.22. The highest BCUT2D eigenvalue weighted by molar-refractivity contribution is 7.10. The van der Waals surface area contributed by atoms with E-state index in [4.69, 9.17) is 11.6 Å². The van der Waals surface area contributed by atoms with Gasteiger partial charge < -0.3 is 10.2 Å². The van der Waals surface area contributed by atoms with E-state index in [1.54, 1.807) is 10.3 Å². The summed E-state index contributed by atoms with van der Waals surface area (Å²) in [5.74, 6) is -1.36. The number of thiazole rings is 1. The fraction of sp³-hybridized carbons (Fsp3) is 0.217. The number of nitro groups is 1. The summed E-state index contributed by atoms with van der Waals surface area (Å²) in [5, 5.41) is 23.4. The largest absolute Gasteiger partial charge is 0.338 e. The third-order valence-corrected chi connectivity index (χ3v) is 7.37. The van der Waals surface area contributed by atoms with Gasteiger partial charge in [-0.2, -0.15) is 5.10 Å². The molecule has 5 rings (SSSR count). The van der Waals surface area contributed by atoms with Gasteiger partial charge in [0.2, 0.25) is 0 Å². The molecule has 13 heteroatoms. The second-order valence-corrected chi connectivity index (χ2v) is 9.54. The van der Waals surface area contributed by atoms with Crippen LogP contribution in [0.3, 0.4) is 0 Å². The molecule has 184 valence electrons. The van der Waals surface area contributed by atoms with Crippen molar-refractivity contribution in [3.63, 3.8) is 0 Å². The molecular formula is C23H18ClFN6O4S. The Bertz CT molecular complexity index is 1480. The Morgan fingerprint density at radius 1 is 1.25 bits per heavy atom. The summed E-state index contributed by atoms with van der Waals surface area (Å²) in [6.45, 7) is 0.820. The molecule has 1 fully saturated rings. The van der Waals surface area contributed by atoms with Crippen LogP contribution < -0.4 is 5.32 Å². The average molecular weight is 529 g/mol. The number of hydrogen-bond acceptors (Lipinski definition) is 7. The van der Waals surface area contributed by atoms with Gasteiger partial charge in [0.25, 0.3) is 17.5 Å². The molecule has 0 aliphatic carbocycles. The van der Waals surface area contributed by atoms with Crippen LogP contribution in [0.15, 0.2) is 41.8 Å². The number of anilines is 1. The Labute approximate surface area is 212 Å². The van der Waals surface area contributed by atoms with Crippen molar-refractivity contribution in [2.24, 2.45) is 0 Å². The van der Waals surface area contributed by atoms with Crippen molar-refractivity contribution in [1.82, 2.24) is 20.1 Å². The quantitative estimate of drug-likeness (QED) is 0.277. The molecule has 3 heterocycles. The average Bonchev–Trinajstić information content (AvgIpc) is 3.51. The number of benzene rings is 2. The second-order valence-electron chi connectivity index (χ2n) is 8.25. The van der Waals surface area contributed by atoms with Gasteiger partial charge in [-0.1, -0.05) is 17.7 Å². The minimum Gasteiger partial charge on any atom is -0.338 e. The van der Waals surface area contributed by atoms with E-state index in [1.165, 1.54) is 47.7 Å². The van der Waals surface area contributed by atoms with Gasteiger partial charge in [-0.05, 0) is 31.0 Å². The van der Waals surface area contributed by atoms with Gasteiger partial charge in [0, 0.05) is 36.5 Å². The van der Waals surface area contributed by atoms with Crippen LogP contribution in [0.4, 0.5) is 15.9 Å². The molecule has 1 aliphatic rings. The van der Waals surface area contributed by atoms with Crippen LogP contribution in [-0.4, -0.2) is 49.9 Å². The Balaban J connectivity index is 1.24. The summed E-state index contributed by atoms with van der Waals surface area (Å²) in [7, 11) is 0. The standard InChI is InChI=1S/C23H18ClFN6O4S/c24-15-2-1-3-16(25)19(15)23(33)30-8-6-12(7-9-30)22-26-18(11-36-22)21(32)27-20-14-10-13(31(34)35)4-5-17(14)28-29-20/h1-5,10-12H,6-9H2,(H2,27,28,29,32).